The smallest absolute Gasteiger partial charge is 0.166 e. The summed E-state index contributed by atoms with van der Waals surface area (Å²) in [5, 5.41) is 0.944. The zero-order valence-electron chi connectivity index (χ0n) is 9.87. The van der Waals surface area contributed by atoms with Gasteiger partial charge in [0.2, 0.25) is 0 Å². The van der Waals surface area contributed by atoms with E-state index in [-0.39, 0.29) is 5.54 Å². The number of aryl methyl sites for hydroxylation is 1. The molecule has 2 aromatic rings. The van der Waals surface area contributed by atoms with Crippen LogP contribution in [0.25, 0.3) is 11.0 Å². The predicted octanol–water partition coefficient (Wildman–Crippen LogP) is 2.70. The van der Waals surface area contributed by atoms with Crippen molar-refractivity contribution in [3.8, 4) is 0 Å². The van der Waals surface area contributed by atoms with E-state index in [9.17, 15) is 0 Å². The van der Waals surface area contributed by atoms with Crippen LogP contribution in [0.2, 0.25) is 0 Å². The topological polar surface area (TPSA) is 54.7 Å². The van der Waals surface area contributed by atoms with Crippen LogP contribution in [-0.2, 0) is 0 Å². The highest BCUT2D eigenvalue weighted by atomic mass is 32.2. The third-order valence-corrected chi connectivity index (χ3v) is 3.55. The molecule has 3 nitrogen and oxygen atoms in total. The van der Waals surface area contributed by atoms with E-state index in [4.69, 9.17) is 5.73 Å². The Kier molecular flexibility index (Phi) is 2.95. The minimum absolute atomic E-state index is 0.167. The highest BCUT2D eigenvalue weighted by molar-refractivity contribution is 7.99. The van der Waals surface area contributed by atoms with Crippen molar-refractivity contribution < 1.29 is 0 Å². The average Bonchev–Trinajstić information content (AvgIpc) is 2.55. The lowest BCUT2D eigenvalue weighted by atomic mass is 10.1. The van der Waals surface area contributed by atoms with Crippen LogP contribution in [0.15, 0.2) is 23.4 Å². The Morgan fingerprint density at radius 2 is 2.19 bits per heavy atom. The molecule has 0 bridgehead atoms. The zero-order valence-corrected chi connectivity index (χ0v) is 10.7. The maximum Gasteiger partial charge on any atom is 0.166 e. The monoisotopic (exact) mass is 235 g/mol. The number of fused-ring (bicyclic) bond motifs is 1. The normalized spacial score (nSPS) is 12.2. The van der Waals surface area contributed by atoms with Crippen molar-refractivity contribution >= 4 is 22.8 Å². The summed E-state index contributed by atoms with van der Waals surface area (Å²) in [6, 6.07) is 6.23. The van der Waals surface area contributed by atoms with Gasteiger partial charge >= 0.3 is 0 Å². The van der Waals surface area contributed by atoms with Crippen LogP contribution in [0.5, 0.6) is 0 Å². The maximum atomic E-state index is 5.94. The Labute approximate surface area is 99.8 Å². The summed E-state index contributed by atoms with van der Waals surface area (Å²) >= 11 is 1.67. The third kappa shape index (κ3) is 2.77. The predicted molar refractivity (Wildman–Crippen MR) is 69.8 cm³/mol. The second kappa shape index (κ2) is 4.11. The highest BCUT2D eigenvalue weighted by Crippen LogP contribution is 2.22. The molecule has 0 aliphatic carbocycles. The lowest BCUT2D eigenvalue weighted by Gasteiger charge is -2.16. The van der Waals surface area contributed by atoms with Gasteiger partial charge < -0.3 is 10.7 Å². The van der Waals surface area contributed by atoms with Crippen LogP contribution in [0.1, 0.15) is 19.4 Å². The van der Waals surface area contributed by atoms with Crippen molar-refractivity contribution in [2.24, 2.45) is 5.73 Å². The van der Waals surface area contributed by atoms with E-state index in [0.717, 1.165) is 21.9 Å². The van der Waals surface area contributed by atoms with Gasteiger partial charge in [0, 0.05) is 11.3 Å². The number of benzene rings is 1. The van der Waals surface area contributed by atoms with Crippen molar-refractivity contribution in [1.82, 2.24) is 9.97 Å². The van der Waals surface area contributed by atoms with Gasteiger partial charge in [-0.05, 0) is 38.5 Å². The molecule has 0 saturated heterocycles. The van der Waals surface area contributed by atoms with Crippen LogP contribution in [-0.4, -0.2) is 21.3 Å². The summed E-state index contributed by atoms with van der Waals surface area (Å²) in [5.41, 5.74) is 9.13. The number of imidazole rings is 1. The molecule has 0 spiro atoms. The molecule has 0 radical (unpaired) electrons. The number of H-pyrrole nitrogens is 1. The van der Waals surface area contributed by atoms with Crippen molar-refractivity contribution in [3.63, 3.8) is 0 Å². The molecule has 1 aromatic heterocycles. The van der Waals surface area contributed by atoms with Gasteiger partial charge in [-0.3, -0.25) is 0 Å². The second-order valence-electron chi connectivity index (χ2n) is 4.84. The quantitative estimate of drug-likeness (QED) is 0.804. The van der Waals surface area contributed by atoms with E-state index < -0.39 is 0 Å². The fourth-order valence-corrected chi connectivity index (χ4v) is 2.28. The van der Waals surface area contributed by atoms with Gasteiger partial charge in [-0.25, -0.2) is 4.98 Å². The van der Waals surface area contributed by atoms with Gasteiger partial charge in [0.25, 0.3) is 0 Å². The molecule has 0 amide bonds. The summed E-state index contributed by atoms with van der Waals surface area (Å²) < 4.78 is 0. The molecule has 0 atom stereocenters. The molecule has 0 unspecified atom stereocenters. The number of aromatic amines is 1. The minimum Gasteiger partial charge on any atom is -0.333 e. The minimum atomic E-state index is -0.167. The third-order valence-electron chi connectivity index (χ3n) is 2.20. The number of hydrogen-bond acceptors (Lipinski definition) is 3. The van der Waals surface area contributed by atoms with Gasteiger partial charge in [0.1, 0.15) is 0 Å². The van der Waals surface area contributed by atoms with Crippen molar-refractivity contribution in [1.29, 1.82) is 0 Å². The Bertz CT molecular complexity index is 496. The molecule has 0 saturated carbocycles. The lowest BCUT2D eigenvalue weighted by Crippen LogP contribution is -2.34. The number of aromatic nitrogens is 2. The van der Waals surface area contributed by atoms with E-state index in [1.165, 1.54) is 5.56 Å². The Morgan fingerprint density at radius 1 is 1.44 bits per heavy atom. The first-order valence-corrected chi connectivity index (χ1v) is 6.31. The fourth-order valence-electron chi connectivity index (χ4n) is 1.42. The Hall–Kier alpha value is -1.00. The van der Waals surface area contributed by atoms with Crippen LogP contribution in [0.4, 0.5) is 0 Å². The molecule has 2 rings (SSSR count). The SMILES string of the molecule is Cc1ccc2nc(SCC(C)(C)N)[nH]c2c1. The summed E-state index contributed by atoms with van der Waals surface area (Å²) in [4.78, 5) is 7.81. The number of hydrogen-bond donors (Lipinski definition) is 2. The molecule has 86 valence electrons. The van der Waals surface area contributed by atoms with Gasteiger partial charge in [-0.1, -0.05) is 17.8 Å². The van der Waals surface area contributed by atoms with E-state index in [2.05, 4.69) is 29.0 Å². The van der Waals surface area contributed by atoms with Gasteiger partial charge in [-0.15, -0.1) is 0 Å². The van der Waals surface area contributed by atoms with E-state index in [1.807, 2.05) is 19.9 Å². The summed E-state index contributed by atoms with van der Waals surface area (Å²) in [5.74, 6) is 0.853. The maximum absolute atomic E-state index is 5.94. The molecule has 16 heavy (non-hydrogen) atoms. The molecule has 1 aromatic carbocycles. The first-order valence-electron chi connectivity index (χ1n) is 5.32. The lowest BCUT2D eigenvalue weighted by molar-refractivity contribution is 0.590. The molecule has 1 heterocycles. The molecule has 4 heteroatoms. The van der Waals surface area contributed by atoms with Crippen LogP contribution < -0.4 is 5.73 Å². The number of nitrogens with one attached hydrogen (secondary N) is 1. The van der Waals surface area contributed by atoms with Gasteiger partial charge in [0.05, 0.1) is 11.0 Å². The first-order chi connectivity index (χ1) is 7.44. The molecular weight excluding hydrogens is 218 g/mol. The van der Waals surface area contributed by atoms with Crippen molar-refractivity contribution in [2.75, 3.05) is 5.75 Å². The number of nitrogens with two attached hydrogens (primary N) is 1. The molecular formula is C12H17N3S. The molecule has 0 fully saturated rings. The fraction of sp³-hybridized carbons (Fsp3) is 0.417. The number of thioether (sulfide) groups is 1. The Balaban J connectivity index is 2.20. The highest BCUT2D eigenvalue weighted by Gasteiger charge is 2.12. The summed E-state index contributed by atoms with van der Waals surface area (Å²) in [7, 11) is 0. The van der Waals surface area contributed by atoms with Crippen molar-refractivity contribution in [3.05, 3.63) is 23.8 Å². The van der Waals surface area contributed by atoms with Crippen molar-refractivity contribution in [2.45, 2.75) is 31.5 Å². The summed E-state index contributed by atoms with van der Waals surface area (Å²) in [6.07, 6.45) is 0. The molecule has 3 N–H and O–H groups in total. The van der Waals surface area contributed by atoms with Crippen LogP contribution in [0, 0.1) is 6.92 Å². The standard InChI is InChI=1S/C12H17N3S/c1-8-4-5-9-10(6-8)15-11(14-9)16-7-12(2,3)13/h4-6H,7,13H2,1-3H3,(H,14,15). The number of rotatable bonds is 3. The molecule has 0 aliphatic heterocycles. The number of nitrogens with zero attached hydrogens (tertiary/aromatic N) is 1. The largest absolute Gasteiger partial charge is 0.333 e. The average molecular weight is 235 g/mol. The second-order valence-corrected chi connectivity index (χ2v) is 5.80. The zero-order chi connectivity index (χ0) is 11.8. The Morgan fingerprint density at radius 3 is 2.88 bits per heavy atom. The van der Waals surface area contributed by atoms with Gasteiger partial charge in [0.15, 0.2) is 5.16 Å². The van der Waals surface area contributed by atoms with Crippen LogP contribution >= 0.6 is 11.8 Å². The van der Waals surface area contributed by atoms with Crippen LogP contribution in [0.3, 0.4) is 0 Å². The van der Waals surface area contributed by atoms with Gasteiger partial charge in [-0.2, -0.15) is 0 Å². The van der Waals surface area contributed by atoms with E-state index in [1.54, 1.807) is 11.8 Å². The molecule has 0 aliphatic rings. The van der Waals surface area contributed by atoms with E-state index in [0.29, 0.717) is 0 Å². The van der Waals surface area contributed by atoms with E-state index >= 15 is 0 Å². The summed E-state index contributed by atoms with van der Waals surface area (Å²) in [6.45, 7) is 6.12. The first kappa shape index (κ1) is 11.5.